The van der Waals surface area contributed by atoms with Gasteiger partial charge in [0.2, 0.25) is 5.91 Å². The Morgan fingerprint density at radius 3 is 2.40 bits per heavy atom. The van der Waals surface area contributed by atoms with Gasteiger partial charge in [0.1, 0.15) is 0 Å². The van der Waals surface area contributed by atoms with Crippen LogP contribution in [0.2, 0.25) is 5.02 Å². The highest BCUT2D eigenvalue weighted by molar-refractivity contribution is 7.90. The van der Waals surface area contributed by atoms with Crippen LogP contribution in [-0.2, 0) is 21.9 Å². The summed E-state index contributed by atoms with van der Waals surface area (Å²) >= 11 is 5.96. The van der Waals surface area contributed by atoms with Crippen LogP contribution in [0, 0.1) is 19.7 Å². The first kappa shape index (κ1) is 19.1. The van der Waals surface area contributed by atoms with Gasteiger partial charge in [-0.2, -0.15) is 8.96 Å². The molecule has 0 aliphatic heterocycles. The molecule has 0 aliphatic rings. The van der Waals surface area contributed by atoms with E-state index in [1.807, 2.05) is 0 Å². The number of halogens is 2. The molecule has 134 valence electrons. The first-order chi connectivity index (χ1) is 11.5. The minimum Gasteiger partial charge on any atom is -0.278 e. The van der Waals surface area contributed by atoms with Crippen molar-refractivity contribution in [3.8, 4) is 0 Å². The van der Waals surface area contributed by atoms with E-state index in [1.165, 1.54) is 19.1 Å². The van der Waals surface area contributed by atoms with E-state index in [4.69, 9.17) is 11.6 Å². The second-order valence-corrected chi connectivity index (χ2v) is 7.63. The zero-order chi connectivity index (χ0) is 19.1. The predicted octanol–water partition coefficient (Wildman–Crippen LogP) is 1.28. The number of nitrogens with zero attached hydrogens (tertiary/aromatic N) is 3. The van der Waals surface area contributed by atoms with Crippen LogP contribution in [0.5, 0.6) is 0 Å². The molecule has 1 amide bonds. The molecule has 0 saturated carbocycles. The Kier molecular flexibility index (Phi) is 5.01. The van der Waals surface area contributed by atoms with Crippen LogP contribution < -0.4 is 11.2 Å². The van der Waals surface area contributed by atoms with Gasteiger partial charge in [0.05, 0.1) is 11.1 Å². The lowest BCUT2D eigenvalue weighted by Crippen LogP contribution is -2.42. The molecule has 25 heavy (non-hydrogen) atoms. The Morgan fingerprint density at radius 2 is 1.84 bits per heavy atom. The van der Waals surface area contributed by atoms with E-state index in [0.29, 0.717) is 26.9 Å². The number of benzene rings is 1. The number of amides is 1. The zero-order valence-corrected chi connectivity index (χ0v) is 15.4. The van der Waals surface area contributed by atoms with E-state index in [-0.39, 0.29) is 8.87 Å². The molecule has 0 unspecified atom stereocenters. The highest BCUT2D eigenvalue weighted by atomic mass is 35.5. The predicted molar refractivity (Wildman–Crippen MR) is 89.4 cm³/mol. The van der Waals surface area contributed by atoms with Crippen molar-refractivity contribution in [1.82, 2.24) is 8.54 Å². The van der Waals surface area contributed by atoms with Gasteiger partial charge in [-0.25, -0.2) is 17.6 Å². The summed E-state index contributed by atoms with van der Waals surface area (Å²) in [5, 5.41) is 0.371. The van der Waals surface area contributed by atoms with Gasteiger partial charge in [0.25, 0.3) is 10.0 Å². The summed E-state index contributed by atoms with van der Waals surface area (Å²) < 4.78 is 40.8. The van der Waals surface area contributed by atoms with Gasteiger partial charge in [0, 0.05) is 19.0 Å². The average molecular weight is 388 g/mol. The minimum atomic E-state index is -4.37. The van der Waals surface area contributed by atoms with E-state index in [0.717, 1.165) is 14.0 Å². The standard InChI is InChI=1S/C15H15ClFN3O4S/c1-8-6-13(9(2)5-11(8)16)25(23,24)20-7-12(17)14(18-10(3)21)19(4)15(20)22/h5-7H,1-4H3. The van der Waals surface area contributed by atoms with Crippen LogP contribution in [0.1, 0.15) is 18.1 Å². The Hall–Kier alpha value is -2.26. The lowest BCUT2D eigenvalue weighted by atomic mass is 10.2. The highest BCUT2D eigenvalue weighted by Gasteiger charge is 2.24. The molecule has 0 bridgehead atoms. The number of carbonyl (C=O) groups is 1. The average Bonchev–Trinajstić information content (AvgIpc) is 2.50. The van der Waals surface area contributed by atoms with Gasteiger partial charge in [-0.3, -0.25) is 9.36 Å². The lowest BCUT2D eigenvalue weighted by Gasteiger charge is -2.13. The van der Waals surface area contributed by atoms with Crippen LogP contribution in [0.25, 0.3) is 0 Å². The highest BCUT2D eigenvalue weighted by Crippen LogP contribution is 2.24. The molecule has 2 rings (SSSR count). The first-order valence-corrected chi connectivity index (χ1v) is 8.84. The van der Waals surface area contributed by atoms with Gasteiger partial charge in [-0.15, -0.1) is 0 Å². The van der Waals surface area contributed by atoms with Crippen LogP contribution in [0.15, 0.2) is 33.0 Å². The van der Waals surface area contributed by atoms with Crippen molar-refractivity contribution < 1.29 is 17.6 Å². The van der Waals surface area contributed by atoms with Crippen molar-refractivity contribution in [2.75, 3.05) is 0 Å². The van der Waals surface area contributed by atoms with Crippen molar-refractivity contribution in [3.05, 3.63) is 56.3 Å². The topological polar surface area (TPSA) is 90.5 Å². The number of hydrogen-bond acceptors (Lipinski definition) is 4. The molecule has 0 radical (unpaired) electrons. The largest absolute Gasteiger partial charge is 0.343 e. The molecular formula is C15H15ClFN3O4S. The summed E-state index contributed by atoms with van der Waals surface area (Å²) in [6, 6.07) is 2.76. The van der Waals surface area contributed by atoms with Crippen molar-refractivity contribution in [2.45, 2.75) is 25.7 Å². The van der Waals surface area contributed by atoms with Crippen LogP contribution in [0.3, 0.4) is 0 Å². The summed E-state index contributed by atoms with van der Waals surface area (Å²) in [6.07, 6.45) is 0.503. The van der Waals surface area contributed by atoms with E-state index in [9.17, 15) is 22.4 Å². The van der Waals surface area contributed by atoms with E-state index in [2.05, 4.69) is 4.99 Å². The summed E-state index contributed by atoms with van der Waals surface area (Å²) in [6.45, 7) is 4.21. The molecule has 1 aromatic heterocycles. The zero-order valence-electron chi connectivity index (χ0n) is 13.9. The monoisotopic (exact) mass is 387 g/mol. The third kappa shape index (κ3) is 3.42. The first-order valence-electron chi connectivity index (χ1n) is 7.02. The van der Waals surface area contributed by atoms with E-state index < -0.39 is 32.9 Å². The van der Waals surface area contributed by atoms with Crippen molar-refractivity contribution in [3.63, 3.8) is 0 Å². The Bertz CT molecular complexity index is 1120. The van der Waals surface area contributed by atoms with Gasteiger partial charge < -0.3 is 0 Å². The Labute approximate surface area is 148 Å². The Balaban J connectivity index is 2.86. The molecule has 0 aliphatic carbocycles. The molecule has 7 nitrogen and oxygen atoms in total. The number of hydrogen-bond donors (Lipinski definition) is 0. The molecule has 2 aromatic rings. The number of aromatic nitrogens is 2. The van der Waals surface area contributed by atoms with Crippen LogP contribution in [0.4, 0.5) is 4.39 Å². The lowest BCUT2D eigenvalue weighted by molar-refractivity contribution is -0.116. The van der Waals surface area contributed by atoms with E-state index in [1.54, 1.807) is 6.92 Å². The minimum absolute atomic E-state index is 0.174. The maximum absolute atomic E-state index is 14.2. The van der Waals surface area contributed by atoms with Crippen molar-refractivity contribution >= 4 is 27.5 Å². The number of carbonyl (C=O) groups excluding carboxylic acids is 1. The fourth-order valence-corrected chi connectivity index (χ4v) is 3.98. The summed E-state index contributed by atoms with van der Waals surface area (Å²) in [5.74, 6) is -1.84. The molecule has 0 atom stereocenters. The van der Waals surface area contributed by atoms with Crippen molar-refractivity contribution in [1.29, 1.82) is 0 Å². The third-order valence-electron chi connectivity index (χ3n) is 3.49. The molecule has 0 spiro atoms. The second-order valence-electron chi connectivity index (χ2n) is 5.44. The summed E-state index contributed by atoms with van der Waals surface area (Å²) in [5.41, 5.74) is -0.809. The van der Waals surface area contributed by atoms with Gasteiger partial charge >= 0.3 is 5.69 Å². The maximum atomic E-state index is 14.2. The fourth-order valence-electron chi connectivity index (χ4n) is 2.20. The SMILES string of the molecule is CC(=O)N=c1c(F)cn(S(=O)(=O)c2cc(C)c(Cl)cc2C)c(=O)n1C. The summed E-state index contributed by atoms with van der Waals surface area (Å²) in [4.78, 5) is 26.7. The third-order valence-corrected chi connectivity index (χ3v) is 5.68. The molecule has 0 saturated heterocycles. The number of rotatable bonds is 2. The van der Waals surface area contributed by atoms with Crippen LogP contribution >= 0.6 is 11.6 Å². The summed E-state index contributed by atoms with van der Waals surface area (Å²) in [7, 11) is -3.25. The quantitative estimate of drug-likeness (QED) is 0.776. The van der Waals surface area contributed by atoms with Gasteiger partial charge in [-0.1, -0.05) is 11.6 Å². The van der Waals surface area contributed by atoms with Gasteiger partial charge in [-0.05, 0) is 37.1 Å². The molecule has 1 aromatic carbocycles. The van der Waals surface area contributed by atoms with Crippen molar-refractivity contribution in [2.24, 2.45) is 12.0 Å². The smallest absolute Gasteiger partial charge is 0.278 e. The molecule has 0 N–H and O–H groups in total. The van der Waals surface area contributed by atoms with Gasteiger partial charge in [0.15, 0.2) is 11.3 Å². The molecule has 10 heteroatoms. The second kappa shape index (κ2) is 6.57. The number of aryl methyl sites for hydroxylation is 2. The molecule has 0 fully saturated rings. The molecular weight excluding hydrogens is 373 g/mol. The van der Waals surface area contributed by atoms with Crippen LogP contribution in [-0.4, -0.2) is 22.9 Å². The maximum Gasteiger partial charge on any atom is 0.343 e. The normalized spacial score (nSPS) is 12.5. The van der Waals surface area contributed by atoms with E-state index >= 15 is 0 Å². The fraction of sp³-hybridized carbons (Fsp3) is 0.267. The molecule has 1 heterocycles. The Morgan fingerprint density at radius 1 is 1.24 bits per heavy atom.